The summed E-state index contributed by atoms with van der Waals surface area (Å²) >= 11 is 0. The lowest BCUT2D eigenvalue weighted by molar-refractivity contribution is -0.145. The molecule has 2 aromatic rings. The summed E-state index contributed by atoms with van der Waals surface area (Å²) in [6.07, 6.45) is 0. The van der Waals surface area contributed by atoms with Crippen LogP contribution in [-0.2, 0) is 20.9 Å². The predicted octanol–water partition coefficient (Wildman–Crippen LogP) is 2.34. The molecule has 150 valence electrons. The molecule has 1 atom stereocenters. The van der Waals surface area contributed by atoms with E-state index < -0.39 is 36.3 Å². The Morgan fingerprint density at radius 2 is 1.62 bits per heavy atom. The van der Waals surface area contributed by atoms with Gasteiger partial charge in [-0.1, -0.05) is 42.5 Å². The van der Waals surface area contributed by atoms with Crippen LogP contribution in [0.2, 0.25) is 0 Å². The number of hydrogen-bond donors (Lipinski definition) is 0. The average Bonchev–Trinajstić information content (AvgIpc) is 2.93. The number of halogens is 1. The molecule has 0 N–H and O–H groups in total. The van der Waals surface area contributed by atoms with E-state index in [-0.39, 0.29) is 12.4 Å². The minimum atomic E-state index is -1.03. The summed E-state index contributed by atoms with van der Waals surface area (Å²) in [6.45, 7) is 1.27. The number of urea groups is 1. The number of carbonyl (C=O) groups excluding carboxylic acids is 4. The Labute approximate surface area is 167 Å². The molecule has 1 aliphatic heterocycles. The number of nitrogens with zero attached hydrogens (tertiary/aromatic N) is 3. The molecule has 0 radical (unpaired) electrons. The molecule has 0 spiro atoms. The van der Waals surface area contributed by atoms with E-state index >= 15 is 0 Å². The van der Waals surface area contributed by atoms with Gasteiger partial charge in [-0.2, -0.15) is 0 Å². The van der Waals surface area contributed by atoms with E-state index in [1.165, 1.54) is 36.2 Å². The van der Waals surface area contributed by atoms with Gasteiger partial charge in [0.1, 0.15) is 12.4 Å². The molecule has 0 aromatic heterocycles. The minimum Gasteiger partial charge on any atom is -0.340 e. The number of amides is 5. The number of likely N-dealkylation sites (N-methyl/N-ethyl adjacent to an activating group) is 1. The van der Waals surface area contributed by atoms with Crippen LogP contribution in [-0.4, -0.2) is 52.0 Å². The molecule has 5 amide bonds. The standard InChI is InChI=1S/C21H20FN3O4/c1-14(16-6-4-3-5-7-16)25-20(28)19(27)24(21(25)29)13-18(26)23(2)12-15-8-10-17(22)11-9-15/h3-11,14H,12-13H2,1-2H3. The number of carbonyl (C=O) groups is 4. The van der Waals surface area contributed by atoms with E-state index in [4.69, 9.17) is 0 Å². The van der Waals surface area contributed by atoms with Crippen LogP contribution in [0.4, 0.5) is 9.18 Å². The zero-order valence-electron chi connectivity index (χ0n) is 16.0. The molecular weight excluding hydrogens is 377 g/mol. The molecule has 8 heteroatoms. The highest BCUT2D eigenvalue weighted by Gasteiger charge is 2.47. The first-order chi connectivity index (χ1) is 13.8. The van der Waals surface area contributed by atoms with Crippen LogP contribution in [0.15, 0.2) is 54.6 Å². The lowest BCUT2D eigenvalue weighted by atomic mass is 10.1. The Hall–Kier alpha value is -3.55. The molecule has 0 bridgehead atoms. The Bertz CT molecular complexity index is 946. The molecule has 1 aliphatic rings. The van der Waals surface area contributed by atoms with Gasteiger partial charge in [-0.05, 0) is 30.2 Å². The van der Waals surface area contributed by atoms with Crippen molar-refractivity contribution in [3.05, 3.63) is 71.5 Å². The minimum absolute atomic E-state index is 0.174. The van der Waals surface area contributed by atoms with Gasteiger partial charge in [0.2, 0.25) is 5.91 Å². The predicted molar refractivity (Wildman–Crippen MR) is 102 cm³/mol. The first-order valence-electron chi connectivity index (χ1n) is 9.02. The topological polar surface area (TPSA) is 78.0 Å². The average molecular weight is 397 g/mol. The van der Waals surface area contributed by atoms with Crippen LogP contribution >= 0.6 is 0 Å². The van der Waals surface area contributed by atoms with Crippen molar-refractivity contribution in [1.29, 1.82) is 0 Å². The largest absolute Gasteiger partial charge is 0.340 e. The Balaban J connectivity index is 1.69. The maximum absolute atomic E-state index is 13.0. The van der Waals surface area contributed by atoms with Crippen molar-refractivity contribution >= 4 is 23.8 Å². The van der Waals surface area contributed by atoms with E-state index in [1.54, 1.807) is 37.3 Å². The van der Waals surface area contributed by atoms with Crippen molar-refractivity contribution in [2.45, 2.75) is 19.5 Å². The summed E-state index contributed by atoms with van der Waals surface area (Å²) < 4.78 is 13.0. The van der Waals surface area contributed by atoms with Gasteiger partial charge in [0.05, 0.1) is 6.04 Å². The smallest absolute Gasteiger partial charge is 0.335 e. The van der Waals surface area contributed by atoms with Gasteiger partial charge >= 0.3 is 17.8 Å². The quantitative estimate of drug-likeness (QED) is 0.554. The molecule has 0 aliphatic carbocycles. The van der Waals surface area contributed by atoms with Gasteiger partial charge in [0, 0.05) is 13.6 Å². The van der Waals surface area contributed by atoms with Crippen molar-refractivity contribution in [2.75, 3.05) is 13.6 Å². The van der Waals surface area contributed by atoms with E-state index in [9.17, 15) is 23.6 Å². The van der Waals surface area contributed by atoms with Gasteiger partial charge in [-0.15, -0.1) is 0 Å². The third-order valence-corrected chi connectivity index (χ3v) is 4.81. The highest BCUT2D eigenvalue weighted by atomic mass is 19.1. The van der Waals surface area contributed by atoms with Crippen LogP contribution < -0.4 is 0 Å². The van der Waals surface area contributed by atoms with Crippen LogP contribution in [0.5, 0.6) is 0 Å². The van der Waals surface area contributed by atoms with Gasteiger partial charge in [-0.25, -0.2) is 19.0 Å². The highest BCUT2D eigenvalue weighted by molar-refractivity contribution is 6.45. The lowest BCUT2D eigenvalue weighted by Crippen LogP contribution is -2.42. The third-order valence-electron chi connectivity index (χ3n) is 4.81. The molecule has 1 fully saturated rings. The number of imide groups is 2. The van der Waals surface area contributed by atoms with Crippen molar-refractivity contribution < 1.29 is 23.6 Å². The fourth-order valence-electron chi connectivity index (χ4n) is 3.09. The second-order valence-corrected chi connectivity index (χ2v) is 6.81. The Morgan fingerprint density at radius 3 is 2.24 bits per heavy atom. The van der Waals surface area contributed by atoms with Crippen molar-refractivity contribution in [2.24, 2.45) is 0 Å². The number of hydrogen-bond acceptors (Lipinski definition) is 4. The van der Waals surface area contributed by atoms with Gasteiger partial charge in [0.15, 0.2) is 0 Å². The second-order valence-electron chi connectivity index (χ2n) is 6.81. The summed E-state index contributed by atoms with van der Waals surface area (Å²) in [5, 5.41) is 0. The van der Waals surface area contributed by atoms with Crippen molar-refractivity contribution in [1.82, 2.24) is 14.7 Å². The summed E-state index contributed by atoms with van der Waals surface area (Å²) in [5.41, 5.74) is 1.39. The molecule has 29 heavy (non-hydrogen) atoms. The van der Waals surface area contributed by atoms with Crippen LogP contribution in [0.3, 0.4) is 0 Å². The molecular formula is C21H20FN3O4. The van der Waals surface area contributed by atoms with E-state index in [0.29, 0.717) is 16.0 Å². The summed E-state index contributed by atoms with van der Waals surface area (Å²) in [4.78, 5) is 52.7. The van der Waals surface area contributed by atoms with Gasteiger partial charge in [0.25, 0.3) is 0 Å². The number of rotatable bonds is 6. The van der Waals surface area contributed by atoms with Crippen LogP contribution in [0.1, 0.15) is 24.1 Å². The summed E-state index contributed by atoms with van der Waals surface area (Å²) in [6, 6.07) is 13.0. The molecule has 1 unspecified atom stereocenters. The number of benzene rings is 2. The van der Waals surface area contributed by atoms with Crippen molar-refractivity contribution in [3.63, 3.8) is 0 Å². The first kappa shape index (κ1) is 20.2. The van der Waals surface area contributed by atoms with E-state index in [0.717, 1.165) is 4.90 Å². The highest BCUT2D eigenvalue weighted by Crippen LogP contribution is 2.26. The molecule has 7 nitrogen and oxygen atoms in total. The Morgan fingerprint density at radius 1 is 1.00 bits per heavy atom. The fraction of sp³-hybridized carbons (Fsp3) is 0.238. The molecule has 0 saturated carbocycles. The second kappa shape index (κ2) is 8.22. The Kier molecular flexibility index (Phi) is 5.72. The SMILES string of the molecule is CC(c1ccccc1)N1C(=O)C(=O)N(CC(=O)N(C)Cc2ccc(F)cc2)C1=O. The summed E-state index contributed by atoms with van der Waals surface area (Å²) in [7, 11) is 1.50. The zero-order valence-corrected chi connectivity index (χ0v) is 16.0. The lowest BCUT2D eigenvalue weighted by Gasteiger charge is -2.23. The zero-order chi connectivity index (χ0) is 21.1. The van der Waals surface area contributed by atoms with Crippen molar-refractivity contribution in [3.8, 4) is 0 Å². The van der Waals surface area contributed by atoms with Gasteiger partial charge < -0.3 is 4.90 Å². The van der Waals surface area contributed by atoms with E-state index in [1.807, 2.05) is 0 Å². The first-order valence-corrected chi connectivity index (χ1v) is 9.02. The maximum Gasteiger partial charge on any atom is 0.335 e. The molecule has 1 saturated heterocycles. The molecule has 3 rings (SSSR count). The fourth-order valence-corrected chi connectivity index (χ4v) is 3.09. The van der Waals surface area contributed by atoms with Crippen LogP contribution in [0, 0.1) is 5.82 Å². The van der Waals surface area contributed by atoms with Crippen LogP contribution in [0.25, 0.3) is 0 Å². The monoisotopic (exact) mass is 397 g/mol. The maximum atomic E-state index is 13.0. The third kappa shape index (κ3) is 4.16. The van der Waals surface area contributed by atoms with Gasteiger partial charge in [-0.3, -0.25) is 14.4 Å². The molecule has 2 aromatic carbocycles. The normalized spacial score (nSPS) is 15.1. The van der Waals surface area contributed by atoms with E-state index in [2.05, 4.69) is 0 Å². The molecule has 1 heterocycles. The summed E-state index contributed by atoms with van der Waals surface area (Å²) in [5.74, 6) is -2.89.